The lowest BCUT2D eigenvalue weighted by Gasteiger charge is -2.14. The Labute approximate surface area is 131 Å². The molecule has 20 heavy (non-hydrogen) atoms. The smallest absolute Gasteiger partial charge is 0.263 e. The number of carbonyl (C=O) groups is 1. The fourth-order valence-electron chi connectivity index (χ4n) is 2.68. The normalized spacial score (nSPS) is 18.1. The first-order chi connectivity index (χ1) is 9.19. The van der Waals surface area contributed by atoms with Crippen LogP contribution in [-0.4, -0.2) is 30.4 Å². The maximum atomic E-state index is 12.5. The second-order valence-corrected chi connectivity index (χ2v) is 6.44. The average molecular weight is 317 g/mol. The summed E-state index contributed by atoms with van der Waals surface area (Å²) in [4.78, 5) is 16.8. The highest BCUT2D eigenvalue weighted by Gasteiger charge is 2.27. The van der Waals surface area contributed by atoms with Crippen LogP contribution in [0.1, 0.15) is 46.8 Å². The molecule has 0 aromatic carbocycles. The van der Waals surface area contributed by atoms with Gasteiger partial charge in [0, 0.05) is 18.0 Å². The van der Waals surface area contributed by atoms with E-state index in [1.165, 1.54) is 10.4 Å². The second kappa shape index (κ2) is 8.01. The molecule has 1 atom stereocenters. The monoisotopic (exact) mass is 316 g/mol. The van der Waals surface area contributed by atoms with E-state index in [0.29, 0.717) is 12.5 Å². The van der Waals surface area contributed by atoms with Crippen molar-refractivity contribution < 1.29 is 4.79 Å². The summed E-state index contributed by atoms with van der Waals surface area (Å²) in [5.41, 5.74) is 7.04. The second-order valence-electron chi connectivity index (χ2n) is 5.30. The van der Waals surface area contributed by atoms with Crippen LogP contribution in [0.4, 0.5) is 0 Å². The molecule has 1 unspecified atom stereocenters. The van der Waals surface area contributed by atoms with Crippen molar-refractivity contribution in [3.63, 3.8) is 0 Å². The van der Waals surface area contributed by atoms with Gasteiger partial charge >= 0.3 is 0 Å². The molecule has 1 aromatic heterocycles. The fourth-order valence-corrected chi connectivity index (χ4v) is 4.00. The molecule has 114 valence electrons. The predicted octanol–water partition coefficient (Wildman–Crippen LogP) is 3.11. The topological polar surface area (TPSA) is 46.3 Å². The first-order valence-electron chi connectivity index (χ1n) is 7.30. The molecule has 1 aliphatic rings. The van der Waals surface area contributed by atoms with E-state index in [1.54, 1.807) is 11.3 Å². The summed E-state index contributed by atoms with van der Waals surface area (Å²) in [5.74, 6) is 0.697. The number of hydrogen-bond donors (Lipinski definition) is 1. The van der Waals surface area contributed by atoms with Crippen LogP contribution < -0.4 is 5.73 Å². The van der Waals surface area contributed by atoms with Gasteiger partial charge in [-0.15, -0.1) is 23.7 Å². The summed E-state index contributed by atoms with van der Waals surface area (Å²) in [6, 6.07) is 2.10. The molecule has 0 saturated carbocycles. The van der Waals surface area contributed by atoms with Gasteiger partial charge in [-0.2, -0.15) is 0 Å². The van der Waals surface area contributed by atoms with E-state index in [0.717, 1.165) is 43.6 Å². The van der Waals surface area contributed by atoms with E-state index in [4.69, 9.17) is 5.73 Å². The molecule has 2 heterocycles. The first-order valence-corrected chi connectivity index (χ1v) is 8.12. The van der Waals surface area contributed by atoms with Crippen LogP contribution in [0.3, 0.4) is 0 Å². The van der Waals surface area contributed by atoms with Gasteiger partial charge < -0.3 is 10.6 Å². The molecular weight excluding hydrogens is 292 g/mol. The summed E-state index contributed by atoms with van der Waals surface area (Å²) < 4.78 is 0. The molecule has 2 N–H and O–H groups in total. The van der Waals surface area contributed by atoms with Gasteiger partial charge in [-0.1, -0.05) is 20.3 Å². The molecule has 1 fully saturated rings. The standard InChI is InChI=1S/C15H24N2OS.ClH/c1-3-5-13-12(4-2)8-14(19-13)15(18)17-7-6-11(9-16)10-17;/h8,11H,3-7,9-10,16H2,1-2H3;1H. The van der Waals surface area contributed by atoms with E-state index in [-0.39, 0.29) is 18.3 Å². The Morgan fingerprint density at radius 3 is 2.80 bits per heavy atom. The Morgan fingerprint density at radius 2 is 2.25 bits per heavy atom. The van der Waals surface area contributed by atoms with Crippen LogP contribution in [0.5, 0.6) is 0 Å². The Morgan fingerprint density at radius 1 is 1.50 bits per heavy atom. The van der Waals surface area contributed by atoms with Crippen LogP contribution in [0.15, 0.2) is 6.07 Å². The van der Waals surface area contributed by atoms with Crippen molar-refractivity contribution in [2.75, 3.05) is 19.6 Å². The quantitative estimate of drug-likeness (QED) is 0.907. The maximum Gasteiger partial charge on any atom is 0.263 e. The zero-order chi connectivity index (χ0) is 13.8. The Hall–Kier alpha value is -0.580. The van der Waals surface area contributed by atoms with E-state index in [9.17, 15) is 4.79 Å². The third-order valence-corrected chi connectivity index (χ3v) is 5.10. The summed E-state index contributed by atoms with van der Waals surface area (Å²) in [6.07, 6.45) is 4.30. The molecule has 5 heteroatoms. The number of amides is 1. The van der Waals surface area contributed by atoms with Crippen molar-refractivity contribution >= 4 is 29.7 Å². The molecule has 0 bridgehead atoms. The molecule has 3 nitrogen and oxygen atoms in total. The number of nitrogens with zero attached hydrogens (tertiary/aromatic N) is 1. The molecule has 2 rings (SSSR count). The molecule has 1 aromatic rings. The van der Waals surface area contributed by atoms with Crippen LogP contribution >= 0.6 is 23.7 Å². The Kier molecular flexibility index (Phi) is 7.00. The van der Waals surface area contributed by atoms with Crippen molar-refractivity contribution in [1.82, 2.24) is 4.90 Å². The van der Waals surface area contributed by atoms with Crippen LogP contribution in [-0.2, 0) is 12.8 Å². The van der Waals surface area contributed by atoms with Gasteiger partial charge in [0.1, 0.15) is 0 Å². The number of carbonyl (C=O) groups excluding carboxylic acids is 1. The molecule has 1 saturated heterocycles. The number of halogens is 1. The summed E-state index contributed by atoms with van der Waals surface area (Å²) >= 11 is 1.69. The average Bonchev–Trinajstić information content (AvgIpc) is 3.04. The van der Waals surface area contributed by atoms with Crippen LogP contribution in [0.25, 0.3) is 0 Å². The molecule has 0 aliphatic carbocycles. The molecule has 1 aliphatic heterocycles. The van der Waals surface area contributed by atoms with E-state index in [2.05, 4.69) is 19.9 Å². The SMILES string of the molecule is CCCc1sc(C(=O)N2CCC(CN)C2)cc1CC.Cl. The highest BCUT2D eigenvalue weighted by molar-refractivity contribution is 7.14. The molecular formula is C15H25ClN2OS. The van der Waals surface area contributed by atoms with Crippen LogP contribution in [0.2, 0.25) is 0 Å². The summed E-state index contributed by atoms with van der Waals surface area (Å²) in [7, 11) is 0. The Bertz CT molecular complexity index is 447. The van der Waals surface area contributed by atoms with E-state index < -0.39 is 0 Å². The minimum Gasteiger partial charge on any atom is -0.338 e. The number of thiophene rings is 1. The van der Waals surface area contributed by atoms with Gasteiger partial charge in [-0.25, -0.2) is 0 Å². The minimum atomic E-state index is 0. The Balaban J connectivity index is 0.00000200. The highest BCUT2D eigenvalue weighted by Crippen LogP contribution is 2.27. The van der Waals surface area contributed by atoms with Gasteiger partial charge in [0.15, 0.2) is 0 Å². The third kappa shape index (κ3) is 3.74. The van der Waals surface area contributed by atoms with Gasteiger partial charge in [0.25, 0.3) is 5.91 Å². The van der Waals surface area contributed by atoms with Crippen molar-refractivity contribution in [2.24, 2.45) is 11.7 Å². The zero-order valence-corrected chi connectivity index (χ0v) is 14.0. The largest absolute Gasteiger partial charge is 0.338 e. The van der Waals surface area contributed by atoms with Gasteiger partial charge in [0.2, 0.25) is 0 Å². The minimum absolute atomic E-state index is 0. The lowest BCUT2D eigenvalue weighted by atomic mass is 10.1. The summed E-state index contributed by atoms with van der Waals surface area (Å²) in [6.45, 7) is 6.74. The molecule has 1 amide bonds. The van der Waals surface area contributed by atoms with Crippen molar-refractivity contribution in [3.8, 4) is 0 Å². The first kappa shape index (κ1) is 17.5. The molecule has 0 spiro atoms. The van der Waals surface area contributed by atoms with Crippen molar-refractivity contribution in [3.05, 3.63) is 21.4 Å². The number of rotatable bonds is 5. The summed E-state index contributed by atoms with van der Waals surface area (Å²) in [5, 5.41) is 0. The van der Waals surface area contributed by atoms with Crippen molar-refractivity contribution in [1.29, 1.82) is 0 Å². The number of hydrogen-bond acceptors (Lipinski definition) is 3. The van der Waals surface area contributed by atoms with Gasteiger partial charge in [-0.05, 0) is 43.4 Å². The lowest BCUT2D eigenvalue weighted by molar-refractivity contribution is 0.0792. The number of likely N-dealkylation sites (tertiary alicyclic amines) is 1. The lowest BCUT2D eigenvalue weighted by Crippen LogP contribution is -2.29. The number of nitrogens with two attached hydrogens (primary N) is 1. The van der Waals surface area contributed by atoms with E-state index in [1.807, 2.05) is 4.90 Å². The van der Waals surface area contributed by atoms with Crippen molar-refractivity contribution in [2.45, 2.75) is 39.5 Å². The van der Waals surface area contributed by atoms with Gasteiger partial charge in [0.05, 0.1) is 4.88 Å². The number of aryl methyl sites for hydroxylation is 2. The third-order valence-electron chi connectivity index (χ3n) is 3.87. The van der Waals surface area contributed by atoms with E-state index >= 15 is 0 Å². The van der Waals surface area contributed by atoms with Crippen LogP contribution in [0, 0.1) is 5.92 Å². The highest BCUT2D eigenvalue weighted by atomic mass is 35.5. The van der Waals surface area contributed by atoms with Gasteiger partial charge in [-0.3, -0.25) is 4.79 Å². The fraction of sp³-hybridized carbons (Fsp3) is 0.667. The zero-order valence-electron chi connectivity index (χ0n) is 12.4. The molecule has 0 radical (unpaired) electrons. The maximum absolute atomic E-state index is 12.5. The predicted molar refractivity (Wildman–Crippen MR) is 88.0 cm³/mol.